The van der Waals surface area contributed by atoms with Crippen LogP contribution in [0, 0.1) is 5.82 Å². The number of benzene rings is 2. The second-order valence-electron chi connectivity index (χ2n) is 2.85. The summed E-state index contributed by atoms with van der Waals surface area (Å²) in [7, 11) is 0. The Morgan fingerprint density at radius 2 is 1.27 bits per heavy atom. The first-order valence-corrected chi connectivity index (χ1v) is 4.18. The first-order chi connectivity index (χ1) is 6.38. The average molecular weight is 188 g/mol. The molecule has 0 aromatic heterocycles. The third kappa shape index (κ3) is 3.56. The van der Waals surface area contributed by atoms with Crippen LogP contribution >= 0.6 is 0 Å². The summed E-state index contributed by atoms with van der Waals surface area (Å²) in [6.07, 6.45) is 0. The monoisotopic (exact) mass is 188 g/mol. The first-order valence-electron chi connectivity index (χ1n) is 4.18. The van der Waals surface area contributed by atoms with Gasteiger partial charge >= 0.3 is 37.7 Å². The van der Waals surface area contributed by atoms with Gasteiger partial charge in [-0.1, -0.05) is 48.5 Å². The van der Waals surface area contributed by atoms with E-state index in [9.17, 15) is 4.39 Å². The fourth-order valence-electron chi connectivity index (χ4n) is 1.31. The van der Waals surface area contributed by atoms with Gasteiger partial charge < -0.3 is 2.85 Å². The summed E-state index contributed by atoms with van der Waals surface area (Å²) in [6, 6.07) is 16.3. The van der Waals surface area contributed by atoms with Crippen LogP contribution in [-0.2, 0) is 0 Å². The minimum Gasteiger partial charge on any atom is -1.00 e. The molecule has 3 heteroatoms. The number of halogens is 1. The molecule has 0 unspecified atom stereocenters. The summed E-state index contributed by atoms with van der Waals surface area (Å²) in [5.74, 6) is -0.172. The van der Waals surface area contributed by atoms with Gasteiger partial charge in [-0.2, -0.15) is 0 Å². The molecule has 2 aromatic rings. The predicted octanol–water partition coefficient (Wildman–Crippen LogP) is -2.27. The molecule has 2 aromatic carbocycles. The van der Waals surface area contributed by atoms with Crippen molar-refractivity contribution >= 4 is 0 Å². The van der Waals surface area contributed by atoms with E-state index in [1.165, 1.54) is 6.07 Å². The first kappa shape index (κ1) is 14.6. The quantitative estimate of drug-likeness (QED) is 0.442. The van der Waals surface area contributed by atoms with Crippen molar-refractivity contribution < 1.29 is 45.0 Å². The minimum atomic E-state index is -0.172. The molecule has 0 aliphatic heterocycles. The van der Waals surface area contributed by atoms with Crippen LogP contribution in [0.4, 0.5) is 4.39 Å². The van der Waals surface area contributed by atoms with Crippen molar-refractivity contribution in [1.82, 2.24) is 0 Å². The van der Waals surface area contributed by atoms with E-state index in [2.05, 4.69) is 0 Å². The van der Waals surface area contributed by atoms with Crippen LogP contribution in [0.2, 0.25) is 0 Å². The molecule has 15 heavy (non-hydrogen) atoms. The summed E-state index contributed by atoms with van der Waals surface area (Å²) in [5.41, 5.74) is 1.57. The van der Waals surface area contributed by atoms with Gasteiger partial charge in [0, 0.05) is 5.56 Å². The molecule has 0 saturated carbocycles. The van der Waals surface area contributed by atoms with E-state index in [-0.39, 0.29) is 46.4 Å². The fraction of sp³-hybridized carbons (Fsp3) is 0. The molecule has 0 atom stereocenters. The van der Waals surface area contributed by atoms with Crippen LogP contribution in [0.3, 0.4) is 0 Å². The van der Waals surface area contributed by atoms with Gasteiger partial charge in [-0.3, -0.25) is 0 Å². The molecule has 0 nitrogen and oxygen atoms in total. The van der Waals surface area contributed by atoms with Crippen LogP contribution in [-0.4, -0.2) is 0 Å². The molecule has 0 N–H and O–H groups in total. The molecule has 0 radical (unpaired) electrons. The molecule has 0 bridgehead atoms. The third-order valence-corrected chi connectivity index (χ3v) is 1.96. The van der Waals surface area contributed by atoms with Crippen molar-refractivity contribution in [3.63, 3.8) is 0 Å². The van der Waals surface area contributed by atoms with Crippen LogP contribution < -0.4 is 37.7 Å². The largest absolute Gasteiger partial charge is 1.00 e. The average Bonchev–Trinajstić information content (AvgIpc) is 2.20. The molecule has 0 amide bonds. The summed E-state index contributed by atoms with van der Waals surface area (Å²) in [5, 5.41) is 0. The van der Waals surface area contributed by atoms with Gasteiger partial charge in [0.1, 0.15) is 5.82 Å². The van der Waals surface area contributed by atoms with Crippen molar-refractivity contribution in [3.8, 4) is 11.1 Å². The van der Waals surface area contributed by atoms with Crippen LogP contribution in [0.5, 0.6) is 0 Å². The van der Waals surface area contributed by atoms with Gasteiger partial charge in [0.05, 0.1) is 0 Å². The Labute approximate surface area is 116 Å². The maximum Gasteiger partial charge on any atom is 1.00 e. The fourth-order valence-corrected chi connectivity index (χ4v) is 1.31. The maximum atomic E-state index is 13.3. The molecule has 2 rings (SSSR count). The van der Waals surface area contributed by atoms with Gasteiger partial charge in [0.2, 0.25) is 0 Å². The van der Waals surface area contributed by atoms with Crippen LogP contribution in [0.15, 0.2) is 54.6 Å². The Bertz CT molecular complexity index is 410. The van der Waals surface area contributed by atoms with E-state index in [1.807, 2.05) is 36.4 Å². The van der Waals surface area contributed by atoms with Gasteiger partial charge in [-0.05, 0) is 11.6 Å². The Morgan fingerprint density at radius 3 is 1.87 bits per heavy atom. The zero-order valence-electron chi connectivity index (χ0n) is 11.1. The van der Waals surface area contributed by atoms with E-state index in [4.69, 9.17) is 0 Å². The van der Waals surface area contributed by atoms with E-state index in [0.717, 1.165) is 5.56 Å². The molecule has 0 saturated heterocycles. The number of hydrogen-bond donors (Lipinski definition) is 0. The molecule has 0 spiro atoms. The Morgan fingerprint density at radius 1 is 0.733 bits per heavy atom. The van der Waals surface area contributed by atoms with Gasteiger partial charge in [0.25, 0.3) is 0 Å². The SMILES string of the molecule is Fc1ccccc1-c1ccccc1.[H-].[H-].[Li+].[Li+]. The van der Waals surface area contributed by atoms with Crippen LogP contribution in [0.25, 0.3) is 11.1 Å². The van der Waals surface area contributed by atoms with E-state index in [0.29, 0.717) is 5.56 Å². The van der Waals surface area contributed by atoms with E-state index >= 15 is 0 Å². The molecule has 0 heterocycles. The normalized spacial score (nSPS) is 8.60. The van der Waals surface area contributed by atoms with E-state index < -0.39 is 0 Å². The second-order valence-corrected chi connectivity index (χ2v) is 2.85. The zero-order chi connectivity index (χ0) is 9.10. The maximum absolute atomic E-state index is 13.3. The van der Waals surface area contributed by atoms with Crippen molar-refractivity contribution in [3.05, 3.63) is 60.4 Å². The molecule has 0 aliphatic carbocycles. The third-order valence-electron chi connectivity index (χ3n) is 1.96. The summed E-state index contributed by atoms with van der Waals surface area (Å²) in [4.78, 5) is 0. The predicted molar refractivity (Wildman–Crippen MR) is 54.1 cm³/mol. The van der Waals surface area contributed by atoms with Gasteiger partial charge in [-0.25, -0.2) is 4.39 Å². The Balaban J connectivity index is -0.000000490. The summed E-state index contributed by atoms with van der Waals surface area (Å²) < 4.78 is 13.3. The topological polar surface area (TPSA) is 0 Å². The van der Waals surface area contributed by atoms with Crippen molar-refractivity contribution in [1.29, 1.82) is 0 Å². The smallest absolute Gasteiger partial charge is 1.00 e. The minimum absolute atomic E-state index is 0. The molecule has 0 aliphatic rings. The zero-order valence-corrected chi connectivity index (χ0v) is 9.07. The summed E-state index contributed by atoms with van der Waals surface area (Å²) >= 11 is 0. The van der Waals surface area contributed by atoms with Crippen LogP contribution in [0.1, 0.15) is 2.85 Å². The van der Waals surface area contributed by atoms with Gasteiger partial charge in [-0.15, -0.1) is 0 Å². The van der Waals surface area contributed by atoms with Gasteiger partial charge in [0.15, 0.2) is 0 Å². The number of rotatable bonds is 1. The second kappa shape index (κ2) is 6.94. The summed E-state index contributed by atoms with van der Waals surface area (Å²) in [6.45, 7) is 0. The Hall–Kier alpha value is -0.435. The number of hydrogen-bond acceptors (Lipinski definition) is 0. The molecule has 0 fully saturated rings. The van der Waals surface area contributed by atoms with Crippen molar-refractivity contribution in [2.24, 2.45) is 0 Å². The van der Waals surface area contributed by atoms with E-state index in [1.54, 1.807) is 12.1 Å². The molecule has 68 valence electrons. The van der Waals surface area contributed by atoms with Crippen molar-refractivity contribution in [2.45, 2.75) is 0 Å². The Kier molecular flexibility index (Phi) is 6.74. The molecular formula is C12H11FLi2. The standard InChI is InChI=1S/C12H9F.2Li.2H/c13-12-9-5-4-8-11(12)10-6-2-1-3-7-10;;;;/h1-9H;;;;/q;2*+1;2*-1. The molecular weight excluding hydrogens is 177 g/mol. The van der Waals surface area contributed by atoms with Crippen molar-refractivity contribution in [2.75, 3.05) is 0 Å².